The normalized spacial score (nSPS) is 24.1. The Hall–Kier alpha value is -1.83. The van der Waals surface area contributed by atoms with Crippen molar-refractivity contribution in [2.75, 3.05) is 13.1 Å². The van der Waals surface area contributed by atoms with E-state index < -0.39 is 0 Å². The number of carbonyl (C=O) groups excluding carboxylic acids is 1. The fourth-order valence-electron chi connectivity index (χ4n) is 3.40. The third-order valence-electron chi connectivity index (χ3n) is 4.79. The van der Waals surface area contributed by atoms with Crippen LogP contribution in [0.1, 0.15) is 30.4 Å². The molecule has 2 aliphatic heterocycles. The molecule has 2 heterocycles. The van der Waals surface area contributed by atoms with Crippen LogP contribution >= 0.6 is 24.8 Å². The van der Waals surface area contributed by atoms with Crippen LogP contribution < -0.4 is 10.6 Å². The van der Waals surface area contributed by atoms with E-state index in [1.54, 1.807) is 4.90 Å². The Balaban J connectivity index is 0.00000169. The van der Waals surface area contributed by atoms with Gasteiger partial charge in [0.1, 0.15) is 6.04 Å². The predicted molar refractivity (Wildman–Crippen MR) is 103 cm³/mol. The molecule has 3 atom stereocenters. The summed E-state index contributed by atoms with van der Waals surface area (Å²) in [7, 11) is 0. The minimum atomic E-state index is -0.259. The van der Waals surface area contributed by atoms with Crippen LogP contribution in [0.15, 0.2) is 24.3 Å². The average molecular weight is 396 g/mol. The molecule has 0 aromatic heterocycles. The highest BCUT2D eigenvalue weighted by molar-refractivity contribution is 5.85. The second-order valence-corrected chi connectivity index (χ2v) is 6.40. The molecular weight excluding hydrogens is 373 g/mol. The van der Waals surface area contributed by atoms with Gasteiger partial charge in [0.15, 0.2) is 0 Å². The van der Waals surface area contributed by atoms with Gasteiger partial charge in [0, 0.05) is 25.7 Å². The van der Waals surface area contributed by atoms with Crippen molar-refractivity contribution < 1.29 is 4.79 Å². The molecule has 6 nitrogen and oxygen atoms in total. The summed E-state index contributed by atoms with van der Waals surface area (Å²) < 4.78 is 0. The topological polar surface area (TPSA) is 91.9 Å². The van der Waals surface area contributed by atoms with Crippen LogP contribution in [-0.4, -0.2) is 42.0 Å². The fourth-order valence-corrected chi connectivity index (χ4v) is 3.40. The number of likely N-dealkylation sites (tertiary alicyclic amines) is 1. The van der Waals surface area contributed by atoms with E-state index in [9.17, 15) is 4.79 Å². The van der Waals surface area contributed by atoms with Gasteiger partial charge in [-0.1, -0.05) is 12.1 Å². The highest BCUT2D eigenvalue weighted by Gasteiger charge is 2.36. The van der Waals surface area contributed by atoms with E-state index in [-0.39, 0.29) is 48.8 Å². The van der Waals surface area contributed by atoms with Crippen molar-refractivity contribution in [2.24, 2.45) is 0 Å². The number of nitriles is 2. The van der Waals surface area contributed by atoms with E-state index in [2.05, 4.69) is 22.8 Å². The molecule has 140 valence electrons. The molecule has 3 rings (SSSR count). The number of benzene rings is 1. The average Bonchev–Trinajstić information content (AvgIpc) is 3.29. The highest BCUT2D eigenvalue weighted by Crippen LogP contribution is 2.20. The van der Waals surface area contributed by atoms with Gasteiger partial charge in [-0.3, -0.25) is 4.79 Å². The van der Waals surface area contributed by atoms with Gasteiger partial charge in [0.2, 0.25) is 5.91 Å². The number of hydrogen-bond acceptors (Lipinski definition) is 5. The summed E-state index contributed by atoms with van der Waals surface area (Å²) in [5.41, 5.74) is 1.78. The Kier molecular flexibility index (Phi) is 8.84. The monoisotopic (exact) mass is 395 g/mol. The second kappa shape index (κ2) is 10.4. The summed E-state index contributed by atoms with van der Waals surface area (Å²) in [5, 5.41) is 24.7. The van der Waals surface area contributed by atoms with Crippen LogP contribution in [0, 0.1) is 22.7 Å². The predicted octanol–water partition coefficient (Wildman–Crippen LogP) is 1.74. The minimum Gasteiger partial charge on any atom is -0.325 e. The van der Waals surface area contributed by atoms with Crippen molar-refractivity contribution >= 4 is 30.7 Å². The van der Waals surface area contributed by atoms with E-state index >= 15 is 0 Å². The number of hydrogen-bond donors (Lipinski definition) is 2. The van der Waals surface area contributed by atoms with Crippen LogP contribution in [0.4, 0.5) is 0 Å². The lowest BCUT2D eigenvalue weighted by Crippen LogP contribution is -2.45. The van der Waals surface area contributed by atoms with Gasteiger partial charge in [-0.15, -0.1) is 24.8 Å². The summed E-state index contributed by atoms with van der Waals surface area (Å²) in [6.07, 6.45) is 2.44. The summed E-state index contributed by atoms with van der Waals surface area (Å²) in [6, 6.07) is 11.6. The van der Waals surface area contributed by atoms with Crippen LogP contribution in [0.5, 0.6) is 0 Å². The highest BCUT2D eigenvalue weighted by atomic mass is 35.5. The van der Waals surface area contributed by atoms with Gasteiger partial charge >= 0.3 is 0 Å². The lowest BCUT2D eigenvalue weighted by atomic mass is 10.1. The summed E-state index contributed by atoms with van der Waals surface area (Å²) in [5.74, 6) is 0.0572. The molecule has 1 aromatic carbocycles. The van der Waals surface area contributed by atoms with E-state index in [1.807, 2.05) is 24.3 Å². The van der Waals surface area contributed by atoms with Crippen molar-refractivity contribution in [3.8, 4) is 12.1 Å². The van der Waals surface area contributed by atoms with Crippen molar-refractivity contribution in [3.05, 3.63) is 35.4 Å². The van der Waals surface area contributed by atoms with Crippen LogP contribution in [-0.2, 0) is 11.3 Å². The molecule has 8 heteroatoms. The molecule has 26 heavy (non-hydrogen) atoms. The SMILES string of the molecule is Cl.Cl.N#Cc1ccc(CN[C@@H]2CN[C@H](C(=O)N3CCC[C@H]3C#N)C2)cc1. The van der Waals surface area contributed by atoms with Crippen molar-refractivity contribution in [3.63, 3.8) is 0 Å². The second-order valence-electron chi connectivity index (χ2n) is 6.40. The number of nitrogens with one attached hydrogen (secondary N) is 2. The number of nitrogens with zero attached hydrogens (tertiary/aromatic N) is 3. The number of amides is 1. The van der Waals surface area contributed by atoms with E-state index in [4.69, 9.17) is 10.5 Å². The zero-order valence-electron chi connectivity index (χ0n) is 14.4. The molecule has 0 saturated carbocycles. The van der Waals surface area contributed by atoms with Crippen LogP contribution in [0.25, 0.3) is 0 Å². The molecule has 1 aromatic rings. The Bertz CT molecular complexity index is 682. The number of rotatable bonds is 4. The Morgan fingerprint density at radius 1 is 1.27 bits per heavy atom. The standard InChI is InChI=1S/C18H21N5O.2ClH/c19-9-13-3-5-14(6-4-13)11-21-15-8-17(22-12-15)18(24)23-7-1-2-16(23)10-20;;/h3-6,15-17,21-22H,1-2,7-8,11-12H2;2*1H/t15-,16-,17-;;/m0../s1. The third kappa shape index (κ3) is 5.09. The van der Waals surface area contributed by atoms with Gasteiger partial charge in [-0.25, -0.2) is 0 Å². The smallest absolute Gasteiger partial charge is 0.240 e. The molecular formula is C18H23Cl2N5O. The largest absolute Gasteiger partial charge is 0.325 e. The van der Waals surface area contributed by atoms with Gasteiger partial charge in [-0.2, -0.15) is 10.5 Å². The molecule has 0 radical (unpaired) electrons. The third-order valence-corrected chi connectivity index (χ3v) is 4.79. The zero-order chi connectivity index (χ0) is 16.9. The van der Waals surface area contributed by atoms with E-state index in [1.165, 1.54) is 0 Å². The molecule has 1 amide bonds. The Morgan fingerprint density at radius 3 is 2.65 bits per heavy atom. The first kappa shape index (κ1) is 22.2. The van der Waals surface area contributed by atoms with Crippen molar-refractivity contribution in [1.29, 1.82) is 10.5 Å². The van der Waals surface area contributed by atoms with Crippen LogP contribution in [0.3, 0.4) is 0 Å². The number of carbonyl (C=O) groups is 1. The summed E-state index contributed by atoms with van der Waals surface area (Å²) in [6.45, 7) is 2.15. The first-order valence-corrected chi connectivity index (χ1v) is 8.37. The van der Waals surface area contributed by atoms with E-state index in [0.29, 0.717) is 18.7 Å². The van der Waals surface area contributed by atoms with Crippen molar-refractivity contribution in [1.82, 2.24) is 15.5 Å². The molecule has 2 saturated heterocycles. The van der Waals surface area contributed by atoms with Gasteiger partial charge in [0.05, 0.1) is 23.7 Å². The minimum absolute atomic E-state index is 0. The molecule has 2 fully saturated rings. The van der Waals surface area contributed by atoms with Gasteiger partial charge in [-0.05, 0) is 37.0 Å². The van der Waals surface area contributed by atoms with E-state index in [0.717, 1.165) is 31.4 Å². The molecule has 0 bridgehead atoms. The molecule has 0 unspecified atom stereocenters. The summed E-state index contributed by atoms with van der Waals surface area (Å²) in [4.78, 5) is 14.3. The number of halogens is 2. The molecule has 0 aliphatic carbocycles. The van der Waals surface area contributed by atoms with Crippen LogP contribution in [0.2, 0.25) is 0 Å². The maximum absolute atomic E-state index is 12.6. The first-order chi connectivity index (χ1) is 11.7. The molecule has 2 aliphatic rings. The lowest BCUT2D eigenvalue weighted by molar-refractivity contribution is -0.133. The maximum Gasteiger partial charge on any atom is 0.240 e. The van der Waals surface area contributed by atoms with Gasteiger partial charge in [0.25, 0.3) is 0 Å². The molecule has 2 N–H and O–H groups in total. The van der Waals surface area contributed by atoms with Crippen molar-refractivity contribution in [2.45, 2.75) is 43.9 Å². The fraction of sp³-hybridized carbons (Fsp3) is 0.500. The Labute approximate surface area is 166 Å². The molecule has 0 spiro atoms. The maximum atomic E-state index is 12.6. The first-order valence-electron chi connectivity index (χ1n) is 8.37. The Morgan fingerprint density at radius 2 is 2.00 bits per heavy atom. The lowest BCUT2D eigenvalue weighted by Gasteiger charge is -2.23. The quantitative estimate of drug-likeness (QED) is 0.809. The van der Waals surface area contributed by atoms with Gasteiger partial charge < -0.3 is 15.5 Å². The zero-order valence-corrected chi connectivity index (χ0v) is 16.0. The summed E-state index contributed by atoms with van der Waals surface area (Å²) >= 11 is 0.